The fourth-order valence-corrected chi connectivity index (χ4v) is 4.41. The lowest BCUT2D eigenvalue weighted by molar-refractivity contribution is 0.203. The van der Waals surface area contributed by atoms with Crippen molar-refractivity contribution in [3.05, 3.63) is 66.4 Å². The molecule has 0 radical (unpaired) electrons. The molecule has 6 nitrogen and oxygen atoms in total. The van der Waals surface area contributed by atoms with Crippen LogP contribution in [-0.2, 0) is 6.54 Å². The van der Waals surface area contributed by atoms with Gasteiger partial charge in [0, 0.05) is 38.1 Å². The molecule has 156 valence electrons. The Kier molecular flexibility index (Phi) is 6.61. The number of anilines is 2. The van der Waals surface area contributed by atoms with Crippen LogP contribution in [0, 0.1) is 5.92 Å². The van der Waals surface area contributed by atoms with E-state index >= 15 is 0 Å². The molecule has 3 N–H and O–H groups in total. The summed E-state index contributed by atoms with van der Waals surface area (Å²) in [5, 5.41) is 15.5. The van der Waals surface area contributed by atoms with Gasteiger partial charge < -0.3 is 15.3 Å². The molecule has 1 aliphatic rings. The van der Waals surface area contributed by atoms with E-state index < -0.39 is 0 Å². The normalized spacial score (nSPS) is 14.5. The Morgan fingerprint density at radius 2 is 1.83 bits per heavy atom. The molecular formula is C23H26N4O2S. The molecule has 0 aliphatic carbocycles. The van der Waals surface area contributed by atoms with Crippen molar-refractivity contribution in [3.63, 3.8) is 0 Å². The van der Waals surface area contributed by atoms with E-state index in [1.54, 1.807) is 6.20 Å². The summed E-state index contributed by atoms with van der Waals surface area (Å²) in [4.78, 5) is 19.9. The summed E-state index contributed by atoms with van der Waals surface area (Å²) in [6, 6.07) is 18.0. The second-order valence-corrected chi connectivity index (χ2v) is 8.51. The largest absolute Gasteiger partial charge is 0.396 e. The number of urea groups is 1. The lowest BCUT2D eigenvalue weighted by atomic mass is 9.97. The number of piperidine rings is 1. The highest BCUT2D eigenvalue weighted by atomic mass is 32.1. The molecule has 2 heterocycles. The van der Waals surface area contributed by atoms with E-state index in [1.807, 2.05) is 42.5 Å². The van der Waals surface area contributed by atoms with Gasteiger partial charge in [-0.3, -0.25) is 5.32 Å². The summed E-state index contributed by atoms with van der Waals surface area (Å²) in [5.41, 5.74) is 3.32. The maximum Gasteiger partial charge on any atom is 0.321 e. The SMILES string of the molecule is O=C(NCc1ccc(N2CCC(CO)CC2)cc1)Nc1ncc(-c2ccccc2)s1. The molecule has 2 aromatic carbocycles. The van der Waals surface area contributed by atoms with Crippen LogP contribution in [0.25, 0.3) is 10.4 Å². The molecular weight excluding hydrogens is 396 g/mol. The first-order chi connectivity index (χ1) is 14.7. The molecule has 0 saturated carbocycles. The van der Waals surface area contributed by atoms with Crippen molar-refractivity contribution in [2.45, 2.75) is 19.4 Å². The van der Waals surface area contributed by atoms with Crippen LogP contribution < -0.4 is 15.5 Å². The van der Waals surface area contributed by atoms with Crippen molar-refractivity contribution in [2.75, 3.05) is 29.9 Å². The van der Waals surface area contributed by atoms with Gasteiger partial charge in [0.1, 0.15) is 0 Å². The minimum atomic E-state index is -0.265. The van der Waals surface area contributed by atoms with Crippen LogP contribution in [0.1, 0.15) is 18.4 Å². The lowest BCUT2D eigenvalue weighted by Crippen LogP contribution is -2.34. The highest BCUT2D eigenvalue weighted by Crippen LogP contribution is 2.28. The number of aliphatic hydroxyl groups is 1. The van der Waals surface area contributed by atoms with Gasteiger partial charge in [0.05, 0.1) is 4.88 Å². The second-order valence-electron chi connectivity index (χ2n) is 7.48. The van der Waals surface area contributed by atoms with Gasteiger partial charge in [0.25, 0.3) is 0 Å². The van der Waals surface area contributed by atoms with Crippen LogP contribution in [-0.4, -0.2) is 35.8 Å². The lowest BCUT2D eigenvalue weighted by Gasteiger charge is -2.33. The number of thiazole rings is 1. The third-order valence-corrected chi connectivity index (χ3v) is 6.37. The van der Waals surface area contributed by atoms with Gasteiger partial charge in [-0.2, -0.15) is 0 Å². The van der Waals surface area contributed by atoms with Gasteiger partial charge in [-0.25, -0.2) is 9.78 Å². The Bertz CT molecular complexity index is 951. The van der Waals surface area contributed by atoms with Gasteiger partial charge in [-0.1, -0.05) is 53.8 Å². The Morgan fingerprint density at radius 3 is 2.53 bits per heavy atom. The van der Waals surface area contributed by atoms with E-state index in [0.29, 0.717) is 17.6 Å². The van der Waals surface area contributed by atoms with Crippen molar-refractivity contribution >= 4 is 28.2 Å². The first-order valence-corrected chi connectivity index (χ1v) is 11.0. The van der Waals surface area contributed by atoms with Crippen LogP contribution >= 0.6 is 11.3 Å². The van der Waals surface area contributed by atoms with Gasteiger partial charge in [0.2, 0.25) is 0 Å². The highest BCUT2D eigenvalue weighted by molar-refractivity contribution is 7.19. The van der Waals surface area contributed by atoms with E-state index in [1.165, 1.54) is 17.0 Å². The zero-order valence-corrected chi connectivity index (χ0v) is 17.6. The minimum Gasteiger partial charge on any atom is -0.396 e. The molecule has 2 amide bonds. The smallest absolute Gasteiger partial charge is 0.321 e. The van der Waals surface area contributed by atoms with Gasteiger partial charge in [0.15, 0.2) is 5.13 Å². The highest BCUT2D eigenvalue weighted by Gasteiger charge is 2.18. The number of rotatable bonds is 6. The molecule has 4 rings (SSSR count). The number of amides is 2. The molecule has 3 aromatic rings. The molecule has 1 aliphatic heterocycles. The van der Waals surface area contributed by atoms with E-state index in [0.717, 1.165) is 41.9 Å². The minimum absolute atomic E-state index is 0.265. The molecule has 30 heavy (non-hydrogen) atoms. The molecule has 0 atom stereocenters. The summed E-state index contributed by atoms with van der Waals surface area (Å²) in [6.07, 6.45) is 3.84. The number of aromatic nitrogens is 1. The Morgan fingerprint density at radius 1 is 1.10 bits per heavy atom. The molecule has 1 aromatic heterocycles. The van der Waals surface area contributed by atoms with Crippen molar-refractivity contribution in [3.8, 4) is 10.4 Å². The number of carbonyl (C=O) groups is 1. The van der Waals surface area contributed by atoms with Crippen LogP contribution in [0.15, 0.2) is 60.8 Å². The first-order valence-electron chi connectivity index (χ1n) is 10.2. The molecule has 0 unspecified atom stereocenters. The maximum atomic E-state index is 12.2. The molecule has 7 heteroatoms. The van der Waals surface area contributed by atoms with Crippen molar-refractivity contribution in [2.24, 2.45) is 5.92 Å². The summed E-state index contributed by atoms with van der Waals surface area (Å²) >= 11 is 1.45. The average molecular weight is 423 g/mol. The first kappa shape index (κ1) is 20.4. The number of hydrogen-bond donors (Lipinski definition) is 3. The fraction of sp³-hybridized carbons (Fsp3) is 0.304. The average Bonchev–Trinajstić information content (AvgIpc) is 3.27. The van der Waals surface area contributed by atoms with Gasteiger partial charge >= 0.3 is 6.03 Å². The van der Waals surface area contributed by atoms with Crippen molar-refractivity contribution in [1.82, 2.24) is 10.3 Å². The summed E-state index contributed by atoms with van der Waals surface area (Å²) < 4.78 is 0. The van der Waals surface area contributed by atoms with Crippen LogP contribution in [0.2, 0.25) is 0 Å². The quantitative estimate of drug-likeness (QED) is 0.552. The predicted octanol–water partition coefficient (Wildman–Crippen LogP) is 4.34. The predicted molar refractivity (Wildman–Crippen MR) is 122 cm³/mol. The third kappa shape index (κ3) is 5.17. The molecule has 1 saturated heterocycles. The molecule has 1 fully saturated rings. The number of nitrogens with one attached hydrogen (secondary N) is 2. The maximum absolute atomic E-state index is 12.2. The van der Waals surface area contributed by atoms with Crippen molar-refractivity contribution < 1.29 is 9.90 Å². The second kappa shape index (κ2) is 9.73. The zero-order chi connectivity index (χ0) is 20.8. The summed E-state index contributed by atoms with van der Waals surface area (Å²) in [6.45, 7) is 2.69. The van der Waals surface area contributed by atoms with Crippen LogP contribution in [0.3, 0.4) is 0 Å². The Labute approximate surface area is 180 Å². The topological polar surface area (TPSA) is 77.5 Å². The van der Waals surface area contributed by atoms with E-state index in [9.17, 15) is 9.90 Å². The monoisotopic (exact) mass is 422 g/mol. The van der Waals surface area contributed by atoms with Gasteiger partial charge in [-0.15, -0.1) is 0 Å². The third-order valence-electron chi connectivity index (χ3n) is 5.41. The molecule has 0 bridgehead atoms. The van der Waals surface area contributed by atoms with Crippen LogP contribution in [0.4, 0.5) is 15.6 Å². The van der Waals surface area contributed by atoms with Crippen LogP contribution in [0.5, 0.6) is 0 Å². The van der Waals surface area contributed by atoms with E-state index in [2.05, 4.69) is 32.7 Å². The Balaban J connectivity index is 1.26. The number of benzene rings is 2. The number of aliphatic hydroxyl groups excluding tert-OH is 1. The summed E-state index contributed by atoms with van der Waals surface area (Å²) in [7, 11) is 0. The van der Waals surface area contributed by atoms with Crippen molar-refractivity contribution in [1.29, 1.82) is 0 Å². The number of carbonyl (C=O) groups excluding carboxylic acids is 1. The van der Waals surface area contributed by atoms with E-state index in [4.69, 9.17) is 0 Å². The Hall–Kier alpha value is -2.90. The zero-order valence-electron chi connectivity index (χ0n) is 16.8. The molecule has 0 spiro atoms. The standard InChI is InChI=1S/C23H26N4O2S/c28-16-18-10-12-27(13-11-18)20-8-6-17(7-9-20)14-24-22(29)26-23-25-15-21(30-23)19-4-2-1-3-5-19/h1-9,15,18,28H,10-14,16H2,(H2,24,25,26,29). The summed E-state index contributed by atoms with van der Waals surface area (Å²) in [5.74, 6) is 0.435. The number of nitrogens with zero attached hydrogens (tertiary/aromatic N) is 2. The fourth-order valence-electron chi connectivity index (χ4n) is 3.59. The number of hydrogen-bond acceptors (Lipinski definition) is 5. The van der Waals surface area contributed by atoms with E-state index in [-0.39, 0.29) is 12.6 Å². The van der Waals surface area contributed by atoms with Gasteiger partial charge in [-0.05, 0) is 42.0 Å².